The van der Waals surface area contributed by atoms with Crippen molar-refractivity contribution in [2.75, 3.05) is 18.4 Å². The van der Waals surface area contributed by atoms with E-state index in [-0.39, 0.29) is 23.7 Å². The van der Waals surface area contributed by atoms with Crippen LogP contribution in [0.5, 0.6) is 11.5 Å². The second-order valence-corrected chi connectivity index (χ2v) is 9.45. The minimum atomic E-state index is -4.78. The fraction of sp³-hybridized carbons (Fsp3) is 0.194. The van der Waals surface area contributed by atoms with Gasteiger partial charge in [0.1, 0.15) is 17.6 Å². The molecule has 2 heterocycles. The second kappa shape index (κ2) is 12.1. The van der Waals surface area contributed by atoms with Crippen LogP contribution in [0.4, 0.5) is 18.9 Å². The third-order valence-electron chi connectivity index (χ3n) is 6.60. The summed E-state index contributed by atoms with van der Waals surface area (Å²) in [5.41, 5.74) is 2.57. The summed E-state index contributed by atoms with van der Waals surface area (Å²) in [6.07, 6.45) is -0.333. The summed E-state index contributed by atoms with van der Waals surface area (Å²) in [6, 6.07) is 22.7. The highest BCUT2D eigenvalue weighted by atomic mass is 19.4. The van der Waals surface area contributed by atoms with Crippen molar-refractivity contribution in [1.82, 2.24) is 9.88 Å². The van der Waals surface area contributed by atoms with Gasteiger partial charge in [0.15, 0.2) is 0 Å². The molecular weight excluding hydrogens is 535 g/mol. The molecule has 41 heavy (non-hydrogen) atoms. The molecule has 10 heteroatoms. The van der Waals surface area contributed by atoms with Gasteiger partial charge < -0.3 is 19.7 Å². The molecule has 1 saturated heterocycles. The Morgan fingerprint density at radius 1 is 0.878 bits per heavy atom. The first kappa shape index (κ1) is 27.7. The van der Waals surface area contributed by atoms with Gasteiger partial charge in [-0.3, -0.25) is 14.6 Å². The van der Waals surface area contributed by atoms with Crippen LogP contribution >= 0.6 is 0 Å². The Balaban J connectivity index is 1.21. The van der Waals surface area contributed by atoms with Crippen LogP contribution < -0.4 is 14.8 Å². The molecule has 0 radical (unpaired) electrons. The van der Waals surface area contributed by atoms with E-state index >= 15 is 0 Å². The molecule has 3 aromatic carbocycles. The molecule has 0 spiro atoms. The summed E-state index contributed by atoms with van der Waals surface area (Å²) in [5.74, 6) is -0.179. The molecule has 1 aliphatic heterocycles. The number of halogens is 3. The van der Waals surface area contributed by atoms with E-state index in [2.05, 4.69) is 15.0 Å². The van der Waals surface area contributed by atoms with Crippen LogP contribution in [0.3, 0.4) is 0 Å². The van der Waals surface area contributed by atoms with E-state index in [0.717, 1.165) is 0 Å². The third kappa shape index (κ3) is 7.21. The molecule has 1 aromatic heterocycles. The van der Waals surface area contributed by atoms with Crippen molar-refractivity contribution in [2.45, 2.75) is 25.3 Å². The van der Waals surface area contributed by atoms with Crippen molar-refractivity contribution >= 4 is 17.5 Å². The van der Waals surface area contributed by atoms with Gasteiger partial charge in [-0.05, 0) is 53.6 Å². The first-order chi connectivity index (χ1) is 19.7. The molecule has 4 aromatic rings. The van der Waals surface area contributed by atoms with E-state index in [0.29, 0.717) is 59.6 Å². The van der Waals surface area contributed by atoms with E-state index in [1.807, 2.05) is 0 Å². The number of ether oxygens (including phenoxy) is 2. The van der Waals surface area contributed by atoms with Crippen LogP contribution in [-0.2, 0) is 0 Å². The largest absolute Gasteiger partial charge is 0.573 e. The van der Waals surface area contributed by atoms with Gasteiger partial charge in [0, 0.05) is 55.6 Å². The first-order valence-electron chi connectivity index (χ1n) is 13.0. The number of likely N-dealkylation sites (tertiary alicyclic amines) is 1. The Kier molecular flexibility index (Phi) is 8.19. The first-order valence-corrected chi connectivity index (χ1v) is 13.0. The Morgan fingerprint density at radius 2 is 1.63 bits per heavy atom. The number of pyridine rings is 1. The predicted molar refractivity (Wildman–Crippen MR) is 147 cm³/mol. The van der Waals surface area contributed by atoms with Gasteiger partial charge >= 0.3 is 6.36 Å². The fourth-order valence-corrected chi connectivity index (χ4v) is 4.66. The summed E-state index contributed by atoms with van der Waals surface area (Å²) in [5, 5.41) is 2.88. The maximum absolute atomic E-state index is 13.2. The van der Waals surface area contributed by atoms with Crippen molar-refractivity contribution < 1.29 is 32.2 Å². The number of rotatable bonds is 7. The second-order valence-electron chi connectivity index (χ2n) is 9.45. The van der Waals surface area contributed by atoms with Crippen LogP contribution in [0.15, 0.2) is 97.3 Å². The Morgan fingerprint density at radius 3 is 2.34 bits per heavy atom. The summed E-state index contributed by atoms with van der Waals surface area (Å²) >= 11 is 0. The molecule has 0 atom stereocenters. The van der Waals surface area contributed by atoms with Crippen LogP contribution in [0.2, 0.25) is 0 Å². The molecular formula is C31H26F3N3O4. The minimum absolute atomic E-state index is 0.0490. The van der Waals surface area contributed by atoms with Crippen LogP contribution in [0.25, 0.3) is 11.1 Å². The SMILES string of the molecule is O=C(Nc1cccc(OC2CCN(C(=O)c3cccnc3)CC2)c1)c1ccccc1-c1ccc(OC(F)(F)F)cc1. The molecule has 1 N–H and O–H groups in total. The lowest BCUT2D eigenvalue weighted by Crippen LogP contribution is -2.41. The monoisotopic (exact) mass is 561 g/mol. The molecule has 0 aliphatic carbocycles. The molecule has 0 saturated carbocycles. The summed E-state index contributed by atoms with van der Waals surface area (Å²) in [6.45, 7) is 1.13. The number of alkyl halides is 3. The standard InChI is InChI=1S/C31H26F3N3O4/c32-31(33,34)41-25-12-10-21(11-13-25)27-8-1-2-9-28(27)29(38)36-23-6-3-7-26(19-23)40-24-14-17-37(18-15-24)30(39)22-5-4-16-35-20-22/h1-13,16,19-20,24H,14-15,17-18H2,(H,36,38). The number of aromatic nitrogens is 1. The molecule has 7 nitrogen and oxygen atoms in total. The molecule has 210 valence electrons. The molecule has 5 rings (SSSR count). The number of carbonyl (C=O) groups is 2. The van der Waals surface area contributed by atoms with Gasteiger partial charge in [0.25, 0.3) is 11.8 Å². The summed E-state index contributed by atoms with van der Waals surface area (Å²) in [4.78, 5) is 31.7. The van der Waals surface area contributed by atoms with Crippen molar-refractivity contribution in [3.8, 4) is 22.6 Å². The van der Waals surface area contributed by atoms with E-state index in [4.69, 9.17) is 4.74 Å². The number of anilines is 1. The van der Waals surface area contributed by atoms with Crippen LogP contribution in [0.1, 0.15) is 33.6 Å². The van der Waals surface area contributed by atoms with Crippen LogP contribution in [-0.4, -0.2) is 47.3 Å². The molecule has 2 amide bonds. The molecule has 1 aliphatic rings. The van der Waals surface area contributed by atoms with Crippen molar-refractivity contribution in [2.24, 2.45) is 0 Å². The quantitative estimate of drug-likeness (QED) is 0.276. The number of nitrogens with zero attached hydrogens (tertiary/aromatic N) is 2. The molecule has 0 bridgehead atoms. The van der Waals surface area contributed by atoms with Crippen molar-refractivity contribution in [3.05, 3.63) is 108 Å². The van der Waals surface area contributed by atoms with Gasteiger partial charge in [-0.2, -0.15) is 0 Å². The lowest BCUT2D eigenvalue weighted by molar-refractivity contribution is -0.274. The number of benzene rings is 3. The zero-order chi connectivity index (χ0) is 28.8. The number of nitrogens with one attached hydrogen (secondary N) is 1. The van der Waals surface area contributed by atoms with E-state index in [9.17, 15) is 22.8 Å². The van der Waals surface area contributed by atoms with E-state index in [1.165, 1.54) is 24.3 Å². The number of carbonyl (C=O) groups excluding carboxylic acids is 2. The highest BCUT2D eigenvalue weighted by Crippen LogP contribution is 2.29. The highest BCUT2D eigenvalue weighted by molar-refractivity contribution is 6.08. The summed E-state index contributed by atoms with van der Waals surface area (Å²) in [7, 11) is 0. The van der Waals surface area contributed by atoms with E-state index < -0.39 is 6.36 Å². The van der Waals surface area contributed by atoms with Gasteiger partial charge in [0.05, 0.1) is 5.56 Å². The Bertz CT molecular complexity index is 1500. The maximum Gasteiger partial charge on any atom is 0.573 e. The van der Waals surface area contributed by atoms with Gasteiger partial charge in [-0.25, -0.2) is 0 Å². The van der Waals surface area contributed by atoms with Gasteiger partial charge in [-0.1, -0.05) is 36.4 Å². The van der Waals surface area contributed by atoms with Crippen molar-refractivity contribution in [1.29, 1.82) is 0 Å². The van der Waals surface area contributed by atoms with E-state index in [1.54, 1.807) is 78.0 Å². The Hall–Kier alpha value is -4.86. The maximum atomic E-state index is 13.2. The third-order valence-corrected chi connectivity index (χ3v) is 6.60. The lowest BCUT2D eigenvalue weighted by Gasteiger charge is -2.32. The molecule has 1 fully saturated rings. The smallest absolute Gasteiger partial charge is 0.490 e. The number of hydrogen-bond acceptors (Lipinski definition) is 5. The zero-order valence-electron chi connectivity index (χ0n) is 21.8. The lowest BCUT2D eigenvalue weighted by atomic mass is 9.99. The number of hydrogen-bond donors (Lipinski definition) is 1. The number of amides is 2. The minimum Gasteiger partial charge on any atom is -0.490 e. The summed E-state index contributed by atoms with van der Waals surface area (Å²) < 4.78 is 47.6. The number of piperidine rings is 1. The zero-order valence-corrected chi connectivity index (χ0v) is 21.8. The topological polar surface area (TPSA) is 80.8 Å². The Labute approximate surface area is 234 Å². The molecule has 0 unspecified atom stereocenters. The van der Waals surface area contributed by atoms with Crippen molar-refractivity contribution in [3.63, 3.8) is 0 Å². The fourth-order valence-electron chi connectivity index (χ4n) is 4.66. The van der Waals surface area contributed by atoms with Gasteiger partial charge in [0.2, 0.25) is 0 Å². The average Bonchev–Trinajstić information content (AvgIpc) is 2.97. The normalized spacial score (nSPS) is 13.9. The highest BCUT2D eigenvalue weighted by Gasteiger charge is 2.31. The van der Waals surface area contributed by atoms with Gasteiger partial charge in [-0.15, -0.1) is 13.2 Å². The predicted octanol–water partition coefficient (Wildman–Crippen LogP) is 6.58. The average molecular weight is 562 g/mol. The van der Waals surface area contributed by atoms with Crippen LogP contribution in [0, 0.1) is 0 Å².